The van der Waals surface area contributed by atoms with Crippen LogP contribution < -0.4 is 11.1 Å². The molecule has 0 bridgehead atoms. The van der Waals surface area contributed by atoms with Gasteiger partial charge in [-0.2, -0.15) is 0 Å². The van der Waals surface area contributed by atoms with Gasteiger partial charge in [0, 0.05) is 0 Å². The second-order valence-corrected chi connectivity index (χ2v) is 5.76. The van der Waals surface area contributed by atoms with Gasteiger partial charge in [0.15, 0.2) is 11.4 Å². The normalized spacial score (nSPS) is 10.8. The third-order valence-corrected chi connectivity index (χ3v) is 3.95. The molecule has 9 heteroatoms. The van der Waals surface area contributed by atoms with E-state index >= 15 is 0 Å². The van der Waals surface area contributed by atoms with Gasteiger partial charge in [-0.05, 0) is 26.0 Å². The number of anilines is 1. The van der Waals surface area contributed by atoms with Gasteiger partial charge in [0.1, 0.15) is 17.9 Å². The van der Waals surface area contributed by atoms with Crippen molar-refractivity contribution in [3.8, 4) is 0 Å². The third-order valence-electron chi connectivity index (χ3n) is 3.95. The number of amides is 1. The van der Waals surface area contributed by atoms with Gasteiger partial charge in [-0.15, -0.1) is 0 Å². The lowest BCUT2D eigenvalue weighted by Gasteiger charge is -2.05. The molecule has 0 fully saturated rings. The van der Waals surface area contributed by atoms with Crippen molar-refractivity contribution in [3.05, 3.63) is 51.7 Å². The van der Waals surface area contributed by atoms with Gasteiger partial charge in [0.25, 0.3) is 0 Å². The Labute approximate surface area is 152 Å². The van der Waals surface area contributed by atoms with Gasteiger partial charge < -0.3 is 13.6 Å². The Bertz CT molecular complexity index is 1120. The molecule has 1 N–H and O–H groups in total. The predicted molar refractivity (Wildman–Crippen MR) is 93.9 cm³/mol. The number of hydrogen-bond acceptors (Lipinski definition) is 7. The number of fused-ring (bicyclic) bond motifs is 1. The van der Waals surface area contributed by atoms with Crippen LogP contribution in [0.3, 0.4) is 0 Å². The fraction of sp³-hybridized carbons (Fsp3) is 0.222. The fourth-order valence-corrected chi connectivity index (χ4v) is 2.83. The van der Waals surface area contributed by atoms with Crippen LogP contribution in [-0.2, 0) is 16.1 Å². The maximum atomic E-state index is 12.4. The monoisotopic (exact) mass is 372 g/mol. The highest BCUT2D eigenvalue weighted by molar-refractivity contribution is 6.10. The van der Waals surface area contributed by atoms with Crippen molar-refractivity contribution >= 4 is 34.6 Å². The zero-order valence-corrected chi connectivity index (χ0v) is 14.8. The number of ketones is 1. The van der Waals surface area contributed by atoms with Gasteiger partial charge in [-0.25, -0.2) is 9.59 Å². The molecule has 0 aliphatic rings. The van der Waals surface area contributed by atoms with E-state index in [1.54, 1.807) is 24.3 Å². The number of carbonyl (C=O) groups is 3. The Kier molecular flexibility index (Phi) is 4.68. The van der Waals surface area contributed by atoms with Crippen LogP contribution in [0.5, 0.6) is 0 Å². The Morgan fingerprint density at radius 3 is 2.52 bits per heavy atom. The van der Waals surface area contributed by atoms with E-state index in [2.05, 4.69) is 10.1 Å². The predicted octanol–water partition coefficient (Wildman–Crippen LogP) is 2.12. The Morgan fingerprint density at radius 2 is 1.85 bits per heavy atom. The first-order valence-electron chi connectivity index (χ1n) is 7.94. The van der Waals surface area contributed by atoms with Crippen molar-refractivity contribution in [2.75, 3.05) is 12.4 Å². The summed E-state index contributed by atoms with van der Waals surface area (Å²) >= 11 is 0. The minimum atomic E-state index is -0.821. The molecule has 1 amide bonds. The van der Waals surface area contributed by atoms with Gasteiger partial charge in [-0.1, -0.05) is 12.1 Å². The second-order valence-electron chi connectivity index (χ2n) is 5.76. The average molecular weight is 372 g/mol. The molecule has 0 radical (unpaired) electrons. The second kappa shape index (κ2) is 6.94. The van der Waals surface area contributed by atoms with Crippen molar-refractivity contribution < 1.29 is 28.0 Å². The first kappa shape index (κ1) is 18.2. The summed E-state index contributed by atoms with van der Waals surface area (Å²) in [5, 5.41) is 2.41. The van der Waals surface area contributed by atoms with Gasteiger partial charge in [-0.3, -0.25) is 19.5 Å². The number of aromatic nitrogens is 1. The number of nitrogens with zero attached hydrogens (tertiary/aromatic N) is 1. The molecule has 0 saturated carbocycles. The summed E-state index contributed by atoms with van der Waals surface area (Å²) in [7, 11) is 1.15. The number of Topliss-reactive ketones (excluding diaryl/α,β-unsaturated/α-hetero) is 1. The van der Waals surface area contributed by atoms with Crippen molar-refractivity contribution in [2.45, 2.75) is 20.4 Å². The molecule has 0 aliphatic heterocycles. The highest BCUT2D eigenvalue weighted by Gasteiger charge is 2.28. The van der Waals surface area contributed by atoms with Crippen LogP contribution in [0.4, 0.5) is 5.88 Å². The molecule has 3 aromatic rings. The number of nitrogens with one attached hydrogen (secondary N) is 1. The highest BCUT2D eigenvalue weighted by Crippen LogP contribution is 2.28. The summed E-state index contributed by atoms with van der Waals surface area (Å²) in [6.45, 7) is 2.39. The summed E-state index contributed by atoms with van der Waals surface area (Å²) in [6.07, 6.45) is 0. The van der Waals surface area contributed by atoms with Gasteiger partial charge >= 0.3 is 11.7 Å². The molecule has 27 heavy (non-hydrogen) atoms. The number of esters is 1. The number of aryl methyl sites for hydroxylation is 1. The first-order valence-corrected chi connectivity index (χ1v) is 7.94. The summed E-state index contributed by atoms with van der Waals surface area (Å²) in [6, 6.07) is 6.65. The maximum absolute atomic E-state index is 12.4. The van der Waals surface area contributed by atoms with Crippen LogP contribution in [0.2, 0.25) is 0 Å². The average Bonchev–Trinajstić information content (AvgIpc) is 3.11. The molecule has 1 aromatic carbocycles. The number of ether oxygens (including phenoxy) is 1. The summed E-state index contributed by atoms with van der Waals surface area (Å²) in [5.41, 5.74) is 0.660. The molecule has 0 saturated heterocycles. The number of rotatable bonds is 5. The van der Waals surface area contributed by atoms with Crippen LogP contribution in [0.1, 0.15) is 33.4 Å². The summed E-state index contributed by atoms with van der Waals surface area (Å²) < 4.78 is 16.3. The summed E-state index contributed by atoms with van der Waals surface area (Å²) in [5.74, 6) is -2.61. The summed E-state index contributed by atoms with van der Waals surface area (Å²) in [4.78, 5) is 48.2. The van der Waals surface area contributed by atoms with Crippen LogP contribution in [0.15, 0.2) is 37.9 Å². The lowest BCUT2D eigenvalue weighted by atomic mass is 10.1. The third kappa shape index (κ3) is 3.26. The Hall–Kier alpha value is -3.62. The van der Waals surface area contributed by atoms with Crippen molar-refractivity contribution in [3.63, 3.8) is 0 Å². The molecule has 2 aromatic heterocycles. The molecule has 0 atom stereocenters. The molecule has 3 rings (SSSR count). The minimum absolute atomic E-state index is 0.0306. The molecule has 0 unspecified atom stereocenters. The minimum Gasteiger partial charge on any atom is -0.465 e. The Morgan fingerprint density at radius 1 is 1.15 bits per heavy atom. The molecule has 140 valence electrons. The van der Waals surface area contributed by atoms with E-state index in [0.29, 0.717) is 11.1 Å². The maximum Gasteiger partial charge on any atom is 0.420 e. The number of methoxy groups -OCH3 is 1. The van der Waals surface area contributed by atoms with Crippen LogP contribution in [-0.4, -0.2) is 29.3 Å². The van der Waals surface area contributed by atoms with E-state index in [9.17, 15) is 19.2 Å². The van der Waals surface area contributed by atoms with Crippen LogP contribution in [0, 0.1) is 6.92 Å². The molecule has 0 aliphatic carbocycles. The molecular formula is C18H16N2O7. The molecular weight excluding hydrogens is 356 g/mol. The molecule has 0 spiro atoms. The number of hydrogen-bond donors (Lipinski definition) is 1. The van der Waals surface area contributed by atoms with E-state index < -0.39 is 23.4 Å². The standard InChI is InChI=1S/C18H16N2O7/c1-9(21)14-10(2)26-16(15(14)17(23)25-3)19-13(22)8-20-11-6-4-5-7-12(11)27-18(20)24/h4-7H,8H2,1-3H3,(H,19,22). The van der Waals surface area contributed by atoms with Crippen molar-refractivity contribution in [2.24, 2.45) is 0 Å². The lowest BCUT2D eigenvalue weighted by Crippen LogP contribution is -2.25. The van der Waals surface area contributed by atoms with Gasteiger partial charge in [0.05, 0.1) is 18.2 Å². The smallest absolute Gasteiger partial charge is 0.420 e. The lowest BCUT2D eigenvalue weighted by molar-refractivity contribution is -0.116. The first-order chi connectivity index (χ1) is 12.8. The number of benzene rings is 1. The topological polar surface area (TPSA) is 121 Å². The molecule has 2 heterocycles. The van der Waals surface area contributed by atoms with E-state index in [4.69, 9.17) is 8.83 Å². The van der Waals surface area contributed by atoms with Crippen LogP contribution in [0.25, 0.3) is 11.1 Å². The highest BCUT2D eigenvalue weighted by atomic mass is 16.5. The zero-order chi connectivity index (χ0) is 19.7. The SMILES string of the molecule is COC(=O)c1c(NC(=O)Cn2c(=O)oc3ccccc32)oc(C)c1C(C)=O. The van der Waals surface area contributed by atoms with Crippen molar-refractivity contribution in [1.29, 1.82) is 0 Å². The number of carbonyl (C=O) groups excluding carboxylic acids is 3. The number of furan rings is 1. The number of oxazole rings is 1. The van der Waals surface area contributed by atoms with Crippen molar-refractivity contribution in [1.82, 2.24) is 4.57 Å². The van der Waals surface area contributed by atoms with E-state index in [0.717, 1.165) is 11.7 Å². The molecule has 9 nitrogen and oxygen atoms in total. The van der Waals surface area contributed by atoms with E-state index in [1.807, 2.05) is 0 Å². The fourth-order valence-electron chi connectivity index (χ4n) is 2.83. The van der Waals surface area contributed by atoms with Gasteiger partial charge in [0.2, 0.25) is 11.8 Å². The zero-order valence-electron chi connectivity index (χ0n) is 14.8. The van der Waals surface area contributed by atoms with Crippen LogP contribution >= 0.6 is 0 Å². The largest absolute Gasteiger partial charge is 0.465 e. The van der Waals surface area contributed by atoms with E-state index in [1.165, 1.54) is 13.8 Å². The quantitative estimate of drug-likeness (QED) is 0.538. The van der Waals surface area contributed by atoms with E-state index in [-0.39, 0.29) is 29.3 Å². The number of para-hydroxylation sites is 2. The Balaban J connectivity index is 1.93.